The van der Waals surface area contributed by atoms with E-state index < -0.39 is 10.8 Å². The molecule has 4 nitrogen and oxygen atoms in total. The number of piperidine rings is 1. The van der Waals surface area contributed by atoms with Gasteiger partial charge in [0, 0.05) is 24.2 Å². The molecule has 15 heavy (non-hydrogen) atoms. The van der Waals surface area contributed by atoms with Crippen LogP contribution < -0.4 is 5.32 Å². The van der Waals surface area contributed by atoms with Crippen molar-refractivity contribution in [3.63, 3.8) is 0 Å². The zero-order chi connectivity index (χ0) is 10.5. The van der Waals surface area contributed by atoms with Gasteiger partial charge in [0.1, 0.15) is 0 Å². The fraction of sp³-hybridized carbons (Fsp3) is 0.600. The number of nitrogens with zero attached hydrogens (tertiary/aromatic N) is 2. The maximum absolute atomic E-state index is 11.9. The topological polar surface area (TPSA) is 54.9 Å². The zero-order valence-electron chi connectivity index (χ0n) is 8.56. The molecule has 1 aliphatic heterocycles. The third-order valence-corrected chi connectivity index (χ3v) is 3.83. The van der Waals surface area contributed by atoms with Crippen LogP contribution in [0.3, 0.4) is 0 Å². The molecule has 1 N–H and O–H groups in total. The first-order valence-electron chi connectivity index (χ1n) is 5.25. The van der Waals surface area contributed by atoms with Gasteiger partial charge < -0.3 is 5.32 Å². The summed E-state index contributed by atoms with van der Waals surface area (Å²) < 4.78 is 11.9. The van der Waals surface area contributed by atoms with Crippen LogP contribution in [0.1, 0.15) is 19.3 Å². The quantitative estimate of drug-likeness (QED) is 0.770. The monoisotopic (exact) mass is 225 g/mol. The molecule has 1 aliphatic rings. The lowest BCUT2D eigenvalue weighted by Crippen LogP contribution is -2.38. The van der Waals surface area contributed by atoms with Crippen molar-refractivity contribution < 1.29 is 4.21 Å². The Kier molecular flexibility index (Phi) is 3.80. The van der Waals surface area contributed by atoms with Crippen molar-refractivity contribution in [3.8, 4) is 0 Å². The minimum atomic E-state index is -1.07. The predicted molar refractivity (Wildman–Crippen MR) is 58.9 cm³/mol. The Morgan fingerprint density at radius 2 is 2.20 bits per heavy atom. The fourth-order valence-electron chi connectivity index (χ4n) is 1.73. The molecule has 0 aliphatic carbocycles. The molecule has 0 bridgehead atoms. The molecule has 1 saturated heterocycles. The maximum atomic E-state index is 11.9. The molecule has 2 atom stereocenters. The normalized spacial score (nSPS) is 23.6. The zero-order valence-corrected chi connectivity index (χ0v) is 9.37. The van der Waals surface area contributed by atoms with Gasteiger partial charge in [-0.2, -0.15) is 0 Å². The molecule has 0 aromatic carbocycles. The third kappa shape index (κ3) is 3.07. The predicted octanol–water partition coefficient (Wildman–Crippen LogP) is 0.726. The summed E-state index contributed by atoms with van der Waals surface area (Å²) in [4.78, 5) is 8.01. The second kappa shape index (κ2) is 5.32. The van der Waals surface area contributed by atoms with Gasteiger partial charge in [0.2, 0.25) is 5.16 Å². The minimum absolute atomic E-state index is 0.364. The Bertz CT molecular complexity index is 325. The second-order valence-electron chi connectivity index (χ2n) is 3.69. The van der Waals surface area contributed by atoms with E-state index in [0.717, 1.165) is 13.0 Å². The van der Waals surface area contributed by atoms with Crippen LogP contribution in [0.2, 0.25) is 0 Å². The summed E-state index contributed by atoms with van der Waals surface area (Å²) in [6.07, 6.45) is 6.83. The molecule has 0 saturated carbocycles. The standard InChI is InChI=1S/C10H15N3OS/c14-15(10-12-6-3-7-13-10)8-9-4-1-2-5-11-9/h3,6-7,9,11H,1-2,4-5,8H2/t9-,15+/m1/s1. The number of hydrogen-bond acceptors (Lipinski definition) is 4. The third-order valence-electron chi connectivity index (χ3n) is 2.51. The van der Waals surface area contributed by atoms with E-state index in [2.05, 4.69) is 15.3 Å². The van der Waals surface area contributed by atoms with E-state index in [4.69, 9.17) is 0 Å². The molecule has 1 aromatic rings. The summed E-state index contributed by atoms with van der Waals surface area (Å²) >= 11 is 0. The van der Waals surface area contributed by atoms with Gasteiger partial charge in [-0.15, -0.1) is 0 Å². The van der Waals surface area contributed by atoms with E-state index in [1.54, 1.807) is 18.5 Å². The van der Waals surface area contributed by atoms with Crippen molar-refractivity contribution in [2.45, 2.75) is 30.5 Å². The van der Waals surface area contributed by atoms with Gasteiger partial charge in [-0.1, -0.05) is 6.42 Å². The Morgan fingerprint density at radius 1 is 1.40 bits per heavy atom. The van der Waals surface area contributed by atoms with Crippen LogP contribution in [-0.4, -0.2) is 32.5 Å². The van der Waals surface area contributed by atoms with E-state index in [1.165, 1.54) is 12.8 Å². The number of rotatable bonds is 3. The van der Waals surface area contributed by atoms with Gasteiger partial charge in [-0.3, -0.25) is 4.21 Å². The Balaban J connectivity index is 1.91. The van der Waals surface area contributed by atoms with Gasteiger partial charge in [0.05, 0.1) is 10.8 Å². The summed E-state index contributed by atoms with van der Waals surface area (Å²) in [6.45, 7) is 1.04. The molecule has 1 aromatic heterocycles. The highest BCUT2D eigenvalue weighted by Crippen LogP contribution is 2.09. The van der Waals surface area contributed by atoms with E-state index >= 15 is 0 Å². The average Bonchev–Trinajstić information content (AvgIpc) is 2.31. The van der Waals surface area contributed by atoms with Crippen molar-refractivity contribution in [1.29, 1.82) is 0 Å². The molecule has 0 amide bonds. The summed E-state index contributed by atoms with van der Waals surface area (Å²) in [6, 6.07) is 2.10. The van der Waals surface area contributed by atoms with Crippen LogP contribution in [0.25, 0.3) is 0 Å². The molecule has 0 spiro atoms. The highest BCUT2D eigenvalue weighted by atomic mass is 32.2. The molecule has 0 radical (unpaired) electrons. The first-order valence-corrected chi connectivity index (χ1v) is 6.57. The van der Waals surface area contributed by atoms with Gasteiger partial charge in [0.15, 0.2) is 0 Å². The minimum Gasteiger partial charge on any atom is -0.313 e. The first kappa shape index (κ1) is 10.7. The first-order chi connectivity index (χ1) is 7.36. The summed E-state index contributed by atoms with van der Waals surface area (Å²) in [5.41, 5.74) is 0. The van der Waals surface area contributed by atoms with E-state index in [9.17, 15) is 4.21 Å². The van der Waals surface area contributed by atoms with Crippen LogP contribution in [0.15, 0.2) is 23.6 Å². The maximum Gasteiger partial charge on any atom is 0.218 e. The van der Waals surface area contributed by atoms with Crippen molar-refractivity contribution in [2.75, 3.05) is 12.3 Å². The van der Waals surface area contributed by atoms with Crippen LogP contribution >= 0.6 is 0 Å². The summed E-state index contributed by atoms with van der Waals surface area (Å²) in [5, 5.41) is 3.82. The smallest absolute Gasteiger partial charge is 0.218 e. The second-order valence-corrected chi connectivity index (χ2v) is 5.08. The SMILES string of the molecule is O=[S@@](C[C@H]1CCCCN1)c1ncccn1. The molecule has 82 valence electrons. The lowest BCUT2D eigenvalue weighted by molar-refractivity contribution is 0.427. The van der Waals surface area contributed by atoms with Crippen molar-refractivity contribution in [2.24, 2.45) is 0 Å². The molecular weight excluding hydrogens is 210 g/mol. The van der Waals surface area contributed by atoms with Gasteiger partial charge in [-0.25, -0.2) is 9.97 Å². The molecular formula is C10H15N3OS. The Hall–Kier alpha value is -0.810. The summed E-state index contributed by atoms with van der Waals surface area (Å²) in [5.74, 6) is 0.629. The number of nitrogens with one attached hydrogen (secondary N) is 1. The van der Waals surface area contributed by atoms with Crippen molar-refractivity contribution in [3.05, 3.63) is 18.5 Å². The van der Waals surface area contributed by atoms with Gasteiger partial charge in [-0.05, 0) is 25.5 Å². The van der Waals surface area contributed by atoms with Crippen LogP contribution in [0, 0.1) is 0 Å². The number of aromatic nitrogens is 2. The van der Waals surface area contributed by atoms with Crippen molar-refractivity contribution >= 4 is 10.8 Å². The summed E-state index contributed by atoms with van der Waals surface area (Å²) in [7, 11) is -1.07. The molecule has 5 heteroatoms. The lowest BCUT2D eigenvalue weighted by Gasteiger charge is -2.22. The van der Waals surface area contributed by atoms with Crippen LogP contribution in [-0.2, 0) is 10.8 Å². The molecule has 0 unspecified atom stereocenters. The van der Waals surface area contributed by atoms with Crippen molar-refractivity contribution in [1.82, 2.24) is 15.3 Å². The molecule has 2 rings (SSSR count). The Labute approximate surface area is 92.0 Å². The molecule has 2 heterocycles. The van der Waals surface area contributed by atoms with Crippen LogP contribution in [0.4, 0.5) is 0 Å². The Morgan fingerprint density at radius 3 is 2.87 bits per heavy atom. The van der Waals surface area contributed by atoms with E-state index in [1.807, 2.05) is 0 Å². The van der Waals surface area contributed by atoms with Gasteiger partial charge >= 0.3 is 0 Å². The highest BCUT2D eigenvalue weighted by Gasteiger charge is 2.17. The van der Waals surface area contributed by atoms with Gasteiger partial charge in [0.25, 0.3) is 0 Å². The van der Waals surface area contributed by atoms with E-state index in [-0.39, 0.29) is 0 Å². The average molecular weight is 225 g/mol. The van der Waals surface area contributed by atoms with E-state index in [0.29, 0.717) is 17.0 Å². The van der Waals surface area contributed by atoms with Crippen LogP contribution in [0.5, 0.6) is 0 Å². The lowest BCUT2D eigenvalue weighted by atomic mass is 10.1. The molecule has 1 fully saturated rings. The number of hydrogen-bond donors (Lipinski definition) is 1. The fourth-order valence-corrected chi connectivity index (χ4v) is 2.88. The largest absolute Gasteiger partial charge is 0.313 e. The highest BCUT2D eigenvalue weighted by molar-refractivity contribution is 7.84.